The van der Waals surface area contributed by atoms with Crippen LogP contribution in [0.5, 0.6) is 0 Å². The van der Waals surface area contributed by atoms with Gasteiger partial charge in [-0.05, 0) is 19.5 Å². The summed E-state index contributed by atoms with van der Waals surface area (Å²) < 4.78 is 0. The van der Waals surface area contributed by atoms with Crippen molar-refractivity contribution in [2.24, 2.45) is 5.73 Å². The zero-order valence-electron chi connectivity index (χ0n) is 10.6. The zero-order chi connectivity index (χ0) is 12.3. The molecule has 0 amide bonds. The Kier molecular flexibility index (Phi) is 3.91. The number of likely N-dealkylation sites (N-methyl/N-ethyl adjacent to an activating group) is 1. The summed E-state index contributed by atoms with van der Waals surface area (Å²) in [5, 5.41) is 0. The van der Waals surface area contributed by atoms with Crippen LogP contribution in [-0.2, 0) is 6.54 Å². The maximum atomic E-state index is 5.61. The van der Waals surface area contributed by atoms with Crippen LogP contribution < -0.4 is 10.6 Å². The normalized spacial score (nSPS) is 21.8. The van der Waals surface area contributed by atoms with Gasteiger partial charge < -0.3 is 10.6 Å². The fourth-order valence-corrected chi connectivity index (χ4v) is 2.22. The van der Waals surface area contributed by atoms with Crippen LogP contribution in [-0.4, -0.2) is 47.6 Å². The Morgan fingerprint density at radius 2 is 2.29 bits per heavy atom. The molecule has 0 aliphatic carbocycles. The molecule has 94 valence electrons. The highest BCUT2D eigenvalue weighted by molar-refractivity contribution is 5.31. The topological polar surface area (TPSA) is 58.3 Å². The first-order valence-corrected chi connectivity index (χ1v) is 6.21. The highest BCUT2D eigenvalue weighted by atomic mass is 15.3. The molecule has 2 rings (SSSR count). The van der Waals surface area contributed by atoms with Gasteiger partial charge in [-0.25, -0.2) is 9.97 Å². The molecule has 2 heterocycles. The number of nitrogens with zero attached hydrogens (tertiary/aromatic N) is 4. The summed E-state index contributed by atoms with van der Waals surface area (Å²) in [5.41, 5.74) is 6.51. The third-order valence-electron chi connectivity index (χ3n) is 3.44. The van der Waals surface area contributed by atoms with Crippen molar-refractivity contribution in [1.29, 1.82) is 0 Å². The van der Waals surface area contributed by atoms with Gasteiger partial charge in [0, 0.05) is 38.4 Å². The van der Waals surface area contributed by atoms with E-state index in [0.717, 1.165) is 37.7 Å². The Balaban J connectivity index is 2.11. The van der Waals surface area contributed by atoms with E-state index in [0.29, 0.717) is 12.6 Å². The summed E-state index contributed by atoms with van der Waals surface area (Å²) in [7, 11) is 2.18. The van der Waals surface area contributed by atoms with Gasteiger partial charge in [0.2, 0.25) is 5.95 Å². The van der Waals surface area contributed by atoms with Gasteiger partial charge in [-0.2, -0.15) is 0 Å². The number of aromatic nitrogens is 2. The van der Waals surface area contributed by atoms with Gasteiger partial charge in [0.05, 0.1) is 5.69 Å². The van der Waals surface area contributed by atoms with E-state index in [9.17, 15) is 0 Å². The van der Waals surface area contributed by atoms with E-state index < -0.39 is 0 Å². The summed E-state index contributed by atoms with van der Waals surface area (Å²) >= 11 is 0. The van der Waals surface area contributed by atoms with Gasteiger partial charge in [-0.1, -0.05) is 6.92 Å². The predicted molar refractivity (Wildman–Crippen MR) is 68.8 cm³/mol. The molecule has 0 saturated carbocycles. The van der Waals surface area contributed by atoms with Crippen LogP contribution in [0.2, 0.25) is 0 Å². The number of hydrogen-bond acceptors (Lipinski definition) is 5. The third kappa shape index (κ3) is 2.73. The minimum absolute atomic E-state index is 0.473. The standard InChI is InChI=1S/C12H21N5/c1-3-11-9-17(7-6-16(11)2)12-14-5-4-10(8-13)15-12/h4-5,11H,3,6-9,13H2,1-2H3. The number of piperazine rings is 1. The SMILES string of the molecule is CCC1CN(c2nccc(CN)n2)CCN1C. The summed E-state index contributed by atoms with van der Waals surface area (Å²) in [5.74, 6) is 0.819. The molecule has 0 radical (unpaired) electrons. The first-order chi connectivity index (χ1) is 8.24. The zero-order valence-corrected chi connectivity index (χ0v) is 10.6. The lowest BCUT2D eigenvalue weighted by Gasteiger charge is -2.39. The highest BCUT2D eigenvalue weighted by Gasteiger charge is 2.24. The minimum Gasteiger partial charge on any atom is -0.338 e. The summed E-state index contributed by atoms with van der Waals surface area (Å²) in [4.78, 5) is 13.5. The van der Waals surface area contributed by atoms with Crippen LogP contribution in [0, 0.1) is 0 Å². The Morgan fingerprint density at radius 3 is 3.00 bits per heavy atom. The fourth-order valence-electron chi connectivity index (χ4n) is 2.22. The molecule has 1 aliphatic heterocycles. The van der Waals surface area contributed by atoms with Gasteiger partial charge in [0.25, 0.3) is 0 Å². The van der Waals surface area contributed by atoms with E-state index in [2.05, 4.69) is 33.7 Å². The predicted octanol–water partition coefficient (Wildman–Crippen LogP) is 0.466. The van der Waals surface area contributed by atoms with Crippen molar-refractivity contribution in [2.45, 2.75) is 25.9 Å². The van der Waals surface area contributed by atoms with E-state index >= 15 is 0 Å². The highest BCUT2D eigenvalue weighted by Crippen LogP contribution is 2.15. The van der Waals surface area contributed by atoms with Crippen molar-refractivity contribution in [1.82, 2.24) is 14.9 Å². The second-order valence-corrected chi connectivity index (χ2v) is 4.54. The van der Waals surface area contributed by atoms with Gasteiger partial charge >= 0.3 is 0 Å². The minimum atomic E-state index is 0.473. The van der Waals surface area contributed by atoms with Crippen molar-refractivity contribution < 1.29 is 0 Å². The molecule has 1 atom stereocenters. The van der Waals surface area contributed by atoms with Crippen LogP contribution in [0.25, 0.3) is 0 Å². The first kappa shape index (κ1) is 12.3. The van der Waals surface area contributed by atoms with Crippen LogP contribution in [0.1, 0.15) is 19.0 Å². The third-order valence-corrected chi connectivity index (χ3v) is 3.44. The monoisotopic (exact) mass is 235 g/mol. The maximum absolute atomic E-state index is 5.61. The molecule has 2 N–H and O–H groups in total. The average Bonchev–Trinajstić information content (AvgIpc) is 2.39. The van der Waals surface area contributed by atoms with Gasteiger partial charge in [-0.3, -0.25) is 4.90 Å². The molecule has 1 unspecified atom stereocenters. The van der Waals surface area contributed by atoms with E-state index in [1.54, 1.807) is 6.20 Å². The Labute approximate surface area is 103 Å². The van der Waals surface area contributed by atoms with E-state index in [-0.39, 0.29) is 0 Å². The van der Waals surface area contributed by atoms with Gasteiger partial charge in [-0.15, -0.1) is 0 Å². The van der Waals surface area contributed by atoms with E-state index in [4.69, 9.17) is 5.73 Å². The van der Waals surface area contributed by atoms with E-state index in [1.807, 2.05) is 6.07 Å². The van der Waals surface area contributed by atoms with Crippen LogP contribution in [0.4, 0.5) is 5.95 Å². The lowest BCUT2D eigenvalue weighted by atomic mass is 10.1. The number of hydrogen-bond donors (Lipinski definition) is 1. The second-order valence-electron chi connectivity index (χ2n) is 4.54. The summed E-state index contributed by atoms with van der Waals surface area (Å²) in [6.45, 7) is 5.75. The molecule has 1 aromatic rings. The quantitative estimate of drug-likeness (QED) is 0.825. The average molecular weight is 235 g/mol. The molecule has 0 aromatic carbocycles. The van der Waals surface area contributed by atoms with Crippen molar-refractivity contribution in [3.05, 3.63) is 18.0 Å². The molecule has 17 heavy (non-hydrogen) atoms. The van der Waals surface area contributed by atoms with Crippen molar-refractivity contribution in [3.8, 4) is 0 Å². The van der Waals surface area contributed by atoms with Gasteiger partial charge in [0.15, 0.2) is 0 Å². The lowest BCUT2D eigenvalue weighted by molar-refractivity contribution is 0.212. The van der Waals surface area contributed by atoms with Crippen molar-refractivity contribution in [2.75, 3.05) is 31.6 Å². The van der Waals surface area contributed by atoms with Crippen LogP contribution >= 0.6 is 0 Å². The van der Waals surface area contributed by atoms with Crippen LogP contribution in [0.3, 0.4) is 0 Å². The van der Waals surface area contributed by atoms with Crippen molar-refractivity contribution in [3.63, 3.8) is 0 Å². The molecule has 0 spiro atoms. The first-order valence-electron chi connectivity index (χ1n) is 6.21. The van der Waals surface area contributed by atoms with E-state index in [1.165, 1.54) is 0 Å². The smallest absolute Gasteiger partial charge is 0.225 e. The Hall–Kier alpha value is -1.20. The summed E-state index contributed by atoms with van der Waals surface area (Å²) in [6.07, 6.45) is 2.95. The second kappa shape index (κ2) is 5.42. The molecule has 1 fully saturated rings. The molecule has 1 saturated heterocycles. The number of anilines is 1. The largest absolute Gasteiger partial charge is 0.338 e. The molecule has 1 aromatic heterocycles. The molecule has 5 nitrogen and oxygen atoms in total. The summed E-state index contributed by atoms with van der Waals surface area (Å²) in [6, 6.07) is 2.46. The fraction of sp³-hybridized carbons (Fsp3) is 0.667. The Bertz CT molecular complexity index is 368. The molecule has 5 heteroatoms. The number of rotatable bonds is 3. The Morgan fingerprint density at radius 1 is 1.47 bits per heavy atom. The van der Waals surface area contributed by atoms with Gasteiger partial charge in [0.1, 0.15) is 0 Å². The molecular weight excluding hydrogens is 214 g/mol. The molecule has 1 aliphatic rings. The lowest BCUT2D eigenvalue weighted by Crippen LogP contribution is -2.51. The molecule has 0 bridgehead atoms. The molecular formula is C12H21N5. The van der Waals surface area contributed by atoms with Crippen LogP contribution in [0.15, 0.2) is 12.3 Å². The number of nitrogens with two attached hydrogens (primary N) is 1. The maximum Gasteiger partial charge on any atom is 0.225 e. The van der Waals surface area contributed by atoms with Crippen molar-refractivity contribution >= 4 is 5.95 Å².